The minimum absolute atomic E-state index is 0.184. The zero-order chi connectivity index (χ0) is 18.0. The second kappa shape index (κ2) is 7.05. The number of likely N-dealkylation sites (tertiary alicyclic amines) is 1. The van der Waals surface area contributed by atoms with Crippen LogP contribution in [-0.4, -0.2) is 41.6 Å². The summed E-state index contributed by atoms with van der Waals surface area (Å²) in [4.78, 5) is 13.1. The van der Waals surface area contributed by atoms with E-state index >= 15 is 0 Å². The Morgan fingerprint density at radius 3 is 2.50 bits per heavy atom. The van der Waals surface area contributed by atoms with Crippen LogP contribution in [-0.2, 0) is 4.74 Å². The van der Waals surface area contributed by atoms with Gasteiger partial charge in [-0.2, -0.15) is 0 Å². The molecule has 1 fully saturated rings. The molecule has 6 heteroatoms. The molecule has 1 aliphatic heterocycles. The summed E-state index contributed by atoms with van der Waals surface area (Å²) in [5.41, 5.74) is 0.270. The predicted octanol–water partition coefficient (Wildman–Crippen LogP) is 3.98. The second-order valence-electron chi connectivity index (χ2n) is 7.30. The molecular formula is C18H26F2N2O2. The van der Waals surface area contributed by atoms with Crippen LogP contribution in [0.3, 0.4) is 0 Å². The van der Waals surface area contributed by atoms with E-state index in [0.717, 1.165) is 10.5 Å². The molecule has 4 nitrogen and oxygen atoms in total. The van der Waals surface area contributed by atoms with Gasteiger partial charge in [-0.25, -0.2) is 13.6 Å². The summed E-state index contributed by atoms with van der Waals surface area (Å²) in [5.74, 6) is -3.00. The number of amides is 1. The summed E-state index contributed by atoms with van der Waals surface area (Å²) < 4.78 is 34.1. The van der Waals surface area contributed by atoms with Crippen molar-refractivity contribution in [2.45, 2.75) is 57.7 Å². The maximum atomic E-state index is 14.5. The SMILES string of the molecule is CC(N[C@@H]1CCN(C(=O)OC(C)(C)C)CC1(F)F)c1ccccc1. The average molecular weight is 340 g/mol. The Kier molecular flexibility index (Phi) is 5.48. The monoisotopic (exact) mass is 340 g/mol. The lowest BCUT2D eigenvalue weighted by atomic mass is 9.98. The zero-order valence-electron chi connectivity index (χ0n) is 14.7. The maximum absolute atomic E-state index is 14.5. The molecule has 0 spiro atoms. The van der Waals surface area contributed by atoms with Gasteiger partial charge in [0.25, 0.3) is 5.92 Å². The van der Waals surface area contributed by atoms with Crippen LogP contribution in [0.2, 0.25) is 0 Å². The van der Waals surface area contributed by atoms with Crippen LogP contribution in [0, 0.1) is 0 Å². The van der Waals surface area contributed by atoms with E-state index in [1.807, 2.05) is 37.3 Å². The van der Waals surface area contributed by atoms with E-state index in [1.165, 1.54) is 0 Å². The molecule has 2 rings (SSSR count). The van der Waals surface area contributed by atoms with Crippen molar-refractivity contribution < 1.29 is 18.3 Å². The van der Waals surface area contributed by atoms with Gasteiger partial charge in [0.15, 0.2) is 0 Å². The standard InChI is InChI=1S/C18H26F2N2O2/c1-13(14-8-6-5-7-9-14)21-15-10-11-22(12-18(15,19)20)16(23)24-17(2,3)4/h5-9,13,15,21H,10-12H2,1-4H3/t13?,15-/m1/s1. The van der Waals surface area contributed by atoms with E-state index in [9.17, 15) is 13.6 Å². The highest BCUT2D eigenvalue weighted by molar-refractivity contribution is 5.68. The van der Waals surface area contributed by atoms with Crippen molar-refractivity contribution in [3.8, 4) is 0 Å². The number of alkyl halides is 2. The number of benzene rings is 1. The number of rotatable bonds is 3. The van der Waals surface area contributed by atoms with Crippen LogP contribution in [0.4, 0.5) is 13.6 Å². The molecule has 1 N–H and O–H groups in total. The van der Waals surface area contributed by atoms with Crippen molar-refractivity contribution in [3.05, 3.63) is 35.9 Å². The first-order valence-corrected chi connectivity index (χ1v) is 8.25. The van der Waals surface area contributed by atoms with Crippen molar-refractivity contribution in [2.75, 3.05) is 13.1 Å². The van der Waals surface area contributed by atoms with Crippen molar-refractivity contribution >= 4 is 6.09 Å². The Balaban J connectivity index is 1.97. The van der Waals surface area contributed by atoms with Gasteiger partial charge in [-0.05, 0) is 39.7 Å². The first kappa shape index (κ1) is 18.6. The topological polar surface area (TPSA) is 41.6 Å². The lowest BCUT2D eigenvalue weighted by Gasteiger charge is -2.40. The fraction of sp³-hybridized carbons (Fsp3) is 0.611. The number of ether oxygens (including phenoxy) is 1. The number of carbonyl (C=O) groups excluding carboxylic acids is 1. The van der Waals surface area contributed by atoms with Gasteiger partial charge in [0.05, 0.1) is 12.6 Å². The van der Waals surface area contributed by atoms with E-state index in [0.29, 0.717) is 0 Å². The Hall–Kier alpha value is -1.69. The van der Waals surface area contributed by atoms with Crippen LogP contribution in [0.25, 0.3) is 0 Å². The summed E-state index contributed by atoms with van der Waals surface area (Å²) in [7, 11) is 0. The third-order valence-electron chi connectivity index (χ3n) is 4.00. The third-order valence-corrected chi connectivity index (χ3v) is 4.00. The molecule has 24 heavy (non-hydrogen) atoms. The zero-order valence-corrected chi connectivity index (χ0v) is 14.7. The Morgan fingerprint density at radius 2 is 1.96 bits per heavy atom. The van der Waals surface area contributed by atoms with E-state index in [2.05, 4.69) is 5.32 Å². The number of nitrogens with one attached hydrogen (secondary N) is 1. The Morgan fingerprint density at radius 1 is 1.33 bits per heavy atom. The van der Waals surface area contributed by atoms with Gasteiger partial charge in [0.1, 0.15) is 5.60 Å². The number of carbonyl (C=O) groups is 1. The normalized spacial score (nSPS) is 22.1. The number of piperidine rings is 1. The lowest BCUT2D eigenvalue weighted by molar-refractivity contribution is -0.0934. The summed E-state index contributed by atoms with van der Waals surface area (Å²) in [6.45, 7) is 6.66. The maximum Gasteiger partial charge on any atom is 0.410 e. The summed E-state index contributed by atoms with van der Waals surface area (Å²) in [6.07, 6.45) is -0.500. The molecule has 134 valence electrons. The van der Waals surface area contributed by atoms with Crippen molar-refractivity contribution in [1.29, 1.82) is 0 Å². The Labute approximate surface area is 142 Å². The highest BCUT2D eigenvalue weighted by atomic mass is 19.3. The lowest BCUT2D eigenvalue weighted by Crippen LogP contribution is -2.59. The van der Waals surface area contributed by atoms with Crippen molar-refractivity contribution in [2.24, 2.45) is 0 Å². The van der Waals surface area contributed by atoms with Crippen LogP contribution >= 0.6 is 0 Å². The van der Waals surface area contributed by atoms with Gasteiger partial charge in [0, 0.05) is 12.6 Å². The predicted molar refractivity (Wildman–Crippen MR) is 89.2 cm³/mol. The smallest absolute Gasteiger partial charge is 0.410 e. The fourth-order valence-corrected chi connectivity index (χ4v) is 2.77. The van der Waals surface area contributed by atoms with E-state index in [-0.39, 0.29) is 19.0 Å². The molecular weight excluding hydrogens is 314 g/mol. The molecule has 1 aromatic carbocycles. The molecule has 1 heterocycles. The van der Waals surface area contributed by atoms with E-state index in [4.69, 9.17) is 4.74 Å². The minimum Gasteiger partial charge on any atom is -0.444 e. The second-order valence-corrected chi connectivity index (χ2v) is 7.30. The molecule has 2 atom stereocenters. The molecule has 1 amide bonds. The number of nitrogens with zero attached hydrogens (tertiary/aromatic N) is 1. The molecule has 0 aromatic heterocycles. The first-order chi connectivity index (χ1) is 11.1. The molecule has 0 radical (unpaired) electrons. The van der Waals surface area contributed by atoms with Crippen LogP contribution in [0.1, 0.15) is 45.7 Å². The summed E-state index contributed by atoms with van der Waals surface area (Å²) in [5, 5.41) is 3.00. The van der Waals surface area contributed by atoms with Crippen LogP contribution in [0.5, 0.6) is 0 Å². The number of halogens is 2. The molecule has 1 unspecified atom stereocenters. The highest BCUT2D eigenvalue weighted by Crippen LogP contribution is 2.30. The third kappa shape index (κ3) is 4.90. The highest BCUT2D eigenvalue weighted by Gasteiger charge is 2.47. The quantitative estimate of drug-likeness (QED) is 0.905. The number of hydrogen-bond acceptors (Lipinski definition) is 3. The summed E-state index contributed by atoms with van der Waals surface area (Å²) >= 11 is 0. The van der Waals surface area contributed by atoms with Gasteiger partial charge in [0.2, 0.25) is 0 Å². The van der Waals surface area contributed by atoms with Gasteiger partial charge >= 0.3 is 6.09 Å². The summed E-state index contributed by atoms with van der Waals surface area (Å²) in [6, 6.07) is 8.33. The molecule has 0 bridgehead atoms. The first-order valence-electron chi connectivity index (χ1n) is 8.25. The van der Waals surface area contributed by atoms with Gasteiger partial charge < -0.3 is 15.0 Å². The van der Waals surface area contributed by atoms with Crippen molar-refractivity contribution in [1.82, 2.24) is 10.2 Å². The van der Waals surface area contributed by atoms with E-state index in [1.54, 1.807) is 20.8 Å². The van der Waals surface area contributed by atoms with Gasteiger partial charge in [-0.3, -0.25) is 0 Å². The van der Waals surface area contributed by atoms with Crippen LogP contribution in [0.15, 0.2) is 30.3 Å². The molecule has 1 saturated heterocycles. The average Bonchev–Trinajstić information content (AvgIpc) is 2.48. The molecule has 0 aliphatic carbocycles. The number of hydrogen-bond donors (Lipinski definition) is 1. The van der Waals surface area contributed by atoms with Crippen molar-refractivity contribution in [3.63, 3.8) is 0 Å². The molecule has 1 aliphatic rings. The Bertz CT molecular complexity index is 558. The van der Waals surface area contributed by atoms with Crippen LogP contribution < -0.4 is 5.32 Å². The van der Waals surface area contributed by atoms with E-state index < -0.39 is 30.2 Å². The minimum atomic E-state index is -3.00. The molecule has 0 saturated carbocycles. The fourth-order valence-electron chi connectivity index (χ4n) is 2.77. The largest absolute Gasteiger partial charge is 0.444 e. The molecule has 1 aromatic rings. The van der Waals surface area contributed by atoms with Gasteiger partial charge in [-0.1, -0.05) is 30.3 Å². The van der Waals surface area contributed by atoms with Gasteiger partial charge in [-0.15, -0.1) is 0 Å².